The van der Waals surface area contributed by atoms with Crippen LogP contribution in [-0.4, -0.2) is 29.6 Å². The number of nitrogens with zero attached hydrogens (tertiary/aromatic N) is 1. The molecule has 0 aliphatic carbocycles. The van der Waals surface area contributed by atoms with E-state index in [4.69, 9.17) is 27.5 Å². The summed E-state index contributed by atoms with van der Waals surface area (Å²) in [7, 11) is 1.50. The summed E-state index contributed by atoms with van der Waals surface area (Å²) in [6.45, 7) is 0. The number of hydrogen-bond donors (Lipinski definition) is 3. The Morgan fingerprint density at radius 3 is 2.35 bits per heavy atom. The molecule has 0 atom stereocenters. The lowest BCUT2D eigenvalue weighted by atomic mass is 10.0. The number of hydrogen-bond acceptors (Lipinski definition) is 5. The fourth-order valence-corrected chi connectivity index (χ4v) is 2.87. The van der Waals surface area contributed by atoms with Crippen LogP contribution in [0.4, 0.5) is 5.69 Å². The molecule has 0 bridgehead atoms. The van der Waals surface area contributed by atoms with Crippen molar-refractivity contribution in [3.63, 3.8) is 0 Å². The summed E-state index contributed by atoms with van der Waals surface area (Å²) in [6, 6.07) is 14.5. The topological polar surface area (TPSA) is 118 Å². The van der Waals surface area contributed by atoms with Gasteiger partial charge in [-0.05, 0) is 42.5 Å². The molecule has 31 heavy (non-hydrogen) atoms. The van der Waals surface area contributed by atoms with Gasteiger partial charge in [-0.3, -0.25) is 20.0 Å². The summed E-state index contributed by atoms with van der Waals surface area (Å²) in [6.07, 6.45) is 1.52. The highest BCUT2D eigenvalue weighted by Crippen LogP contribution is 2.24. The molecule has 1 heterocycles. The number of carbonyl (C=O) groups excluding carboxylic acids is 2. The van der Waals surface area contributed by atoms with Crippen LogP contribution in [-0.2, 0) is 6.42 Å². The van der Waals surface area contributed by atoms with Gasteiger partial charge >= 0.3 is 0 Å². The van der Waals surface area contributed by atoms with Gasteiger partial charge in [0.1, 0.15) is 11.6 Å². The van der Waals surface area contributed by atoms with Crippen LogP contribution in [0.5, 0.6) is 5.75 Å². The lowest BCUT2D eigenvalue weighted by Crippen LogP contribution is -2.17. The maximum absolute atomic E-state index is 12.9. The number of ketones is 1. The van der Waals surface area contributed by atoms with E-state index in [0.29, 0.717) is 38.8 Å². The molecule has 0 radical (unpaired) electrons. The minimum Gasteiger partial charge on any atom is -0.497 e. The molecule has 0 fully saturated rings. The van der Waals surface area contributed by atoms with Gasteiger partial charge in [0.25, 0.3) is 5.91 Å². The second-order valence-electron chi connectivity index (χ2n) is 6.42. The Hall–Kier alpha value is -3.71. The van der Waals surface area contributed by atoms with Crippen LogP contribution in [0.2, 0.25) is 5.02 Å². The van der Waals surface area contributed by atoms with Crippen molar-refractivity contribution in [2.75, 3.05) is 12.4 Å². The fourth-order valence-electron chi connectivity index (χ4n) is 2.76. The molecule has 1 aromatic heterocycles. The number of halogens is 1. The van der Waals surface area contributed by atoms with Crippen molar-refractivity contribution in [1.29, 1.82) is 5.41 Å². The van der Waals surface area contributed by atoms with Crippen LogP contribution >= 0.6 is 11.6 Å². The maximum atomic E-state index is 12.9. The van der Waals surface area contributed by atoms with Crippen LogP contribution in [0.1, 0.15) is 39.4 Å². The number of amides is 1. The normalized spacial score (nSPS) is 10.0. The number of Topliss-reactive ketones (excluding diaryl/α,β-unsaturated/α-hetero) is 1. The lowest BCUT2D eigenvalue weighted by Gasteiger charge is -2.12. The third-order valence-corrected chi connectivity index (χ3v) is 4.59. The molecule has 0 saturated carbocycles. The maximum Gasteiger partial charge on any atom is 0.255 e. The number of nitrogen functional groups attached to an aromatic ring is 1. The number of methoxy groups -OCH3 is 1. The zero-order valence-electron chi connectivity index (χ0n) is 16.1. The second-order valence-corrected chi connectivity index (χ2v) is 6.86. The second kappa shape index (κ2) is 10.4. The Morgan fingerprint density at radius 1 is 1.10 bits per heavy atom. The molecule has 0 unspecified atom stereocenters. The molecule has 4 N–H and O–H groups in total. The van der Waals surface area contributed by atoms with Crippen LogP contribution in [0.3, 0.4) is 0 Å². The highest BCUT2D eigenvalue weighted by atomic mass is 35.5. The first-order chi connectivity index (χ1) is 14.4. The van der Waals surface area contributed by atoms with Crippen molar-refractivity contribution in [2.24, 2.45) is 5.73 Å². The molecule has 1 amide bonds. The number of nitrogens with two attached hydrogens (primary N) is 1. The number of amidine groups is 1. The van der Waals surface area contributed by atoms with Crippen molar-refractivity contribution >= 4 is 34.8 Å². The number of benzene rings is 2. The first-order valence-electron chi connectivity index (χ1n) is 8.95. The molecule has 7 nitrogen and oxygen atoms in total. The molecule has 3 aromatic rings. The number of anilines is 1. The average molecular weight is 439 g/mol. The van der Waals surface area contributed by atoms with Crippen LogP contribution in [0.15, 0.2) is 60.8 Å². The molecule has 0 aliphatic heterocycles. The molecule has 0 aliphatic rings. The van der Waals surface area contributed by atoms with E-state index in [1.54, 1.807) is 54.6 Å². The third kappa shape index (κ3) is 5.90. The highest BCUT2D eigenvalue weighted by molar-refractivity contribution is 6.30. The molecule has 8 heteroatoms. The van der Waals surface area contributed by atoms with E-state index >= 15 is 0 Å². The van der Waals surface area contributed by atoms with E-state index < -0.39 is 5.91 Å². The summed E-state index contributed by atoms with van der Waals surface area (Å²) >= 11 is 5.84. The van der Waals surface area contributed by atoms with E-state index in [1.807, 2.05) is 0 Å². The van der Waals surface area contributed by atoms with Crippen molar-refractivity contribution < 1.29 is 14.3 Å². The zero-order valence-corrected chi connectivity index (χ0v) is 16.9. The minimum atomic E-state index is -0.395. The van der Waals surface area contributed by atoms with Gasteiger partial charge in [-0.2, -0.15) is 0 Å². The Labute approximate surface area is 185 Å². The van der Waals surface area contributed by atoms with Gasteiger partial charge in [0.2, 0.25) is 0 Å². The summed E-state index contributed by atoms with van der Waals surface area (Å²) < 4.78 is 5.22. The first-order valence-corrected chi connectivity index (χ1v) is 9.32. The van der Waals surface area contributed by atoms with E-state index in [-0.39, 0.29) is 25.5 Å². The van der Waals surface area contributed by atoms with Gasteiger partial charge < -0.3 is 15.8 Å². The number of nitrogens with one attached hydrogen (secondary N) is 2. The molecular formula is C23H23ClN4O3. The van der Waals surface area contributed by atoms with Crippen molar-refractivity contribution in [3.05, 3.63) is 88.2 Å². The summed E-state index contributed by atoms with van der Waals surface area (Å²) in [5.74, 6) is -0.216. The quantitative estimate of drug-likeness (QED) is 0.288. The van der Waals surface area contributed by atoms with Crippen molar-refractivity contribution in [2.45, 2.75) is 13.8 Å². The Bertz CT molecular complexity index is 1100. The summed E-state index contributed by atoms with van der Waals surface area (Å²) in [5, 5.41) is 10.7. The number of aromatic nitrogens is 1. The number of rotatable bonds is 7. The lowest BCUT2D eigenvalue weighted by molar-refractivity contribution is 0.0992. The molecule has 2 aromatic carbocycles. The van der Waals surface area contributed by atoms with E-state index in [0.717, 1.165) is 0 Å². The largest absolute Gasteiger partial charge is 0.497 e. The Balaban J connectivity index is 0.00000341. The molecule has 3 rings (SSSR count). The number of ether oxygens (including phenoxy) is 1. The smallest absolute Gasteiger partial charge is 0.255 e. The predicted molar refractivity (Wildman–Crippen MR) is 122 cm³/mol. The number of carbonyl (C=O) groups is 2. The third-order valence-electron chi connectivity index (χ3n) is 4.36. The van der Waals surface area contributed by atoms with Gasteiger partial charge in [0.05, 0.1) is 24.2 Å². The minimum absolute atomic E-state index is 0. The SMILES string of the molecule is C.COc1ccc(NC(=O)c2ccc(C(=N)N)cc2)c(C(=O)Cc2ccc(Cl)cn2)c1. The first kappa shape index (κ1) is 23.6. The predicted octanol–water partition coefficient (Wildman–Crippen LogP) is 4.34. The summed E-state index contributed by atoms with van der Waals surface area (Å²) in [4.78, 5) is 29.7. The van der Waals surface area contributed by atoms with Crippen molar-refractivity contribution in [1.82, 2.24) is 4.98 Å². The fraction of sp³-hybridized carbons (Fsp3) is 0.130. The van der Waals surface area contributed by atoms with Crippen molar-refractivity contribution in [3.8, 4) is 5.75 Å². The van der Waals surface area contributed by atoms with Gasteiger partial charge in [-0.1, -0.05) is 31.2 Å². The van der Waals surface area contributed by atoms with E-state index in [1.165, 1.54) is 13.3 Å². The van der Waals surface area contributed by atoms with Gasteiger partial charge in [-0.15, -0.1) is 0 Å². The standard InChI is InChI=1S/C22H19ClN4O3.CH4/c1-30-17-8-9-19(27-22(29)14-4-2-13(3-5-14)21(24)25)18(11-17)20(28)10-16-7-6-15(23)12-26-16;/h2-9,11-12H,10H2,1H3,(H3,24,25)(H,27,29);1H4. The van der Waals surface area contributed by atoms with Crippen LogP contribution in [0.25, 0.3) is 0 Å². The Kier molecular flexibility index (Phi) is 7.88. The van der Waals surface area contributed by atoms with E-state index in [9.17, 15) is 9.59 Å². The molecular weight excluding hydrogens is 416 g/mol. The summed E-state index contributed by atoms with van der Waals surface area (Å²) in [5.41, 5.74) is 7.54. The molecule has 0 saturated heterocycles. The van der Waals surface area contributed by atoms with Crippen LogP contribution in [0, 0.1) is 5.41 Å². The van der Waals surface area contributed by atoms with E-state index in [2.05, 4.69) is 10.3 Å². The Morgan fingerprint density at radius 2 is 1.77 bits per heavy atom. The van der Waals surface area contributed by atoms with Gasteiger partial charge in [0.15, 0.2) is 5.78 Å². The number of pyridine rings is 1. The van der Waals surface area contributed by atoms with Gasteiger partial charge in [0, 0.05) is 28.6 Å². The molecule has 0 spiro atoms. The van der Waals surface area contributed by atoms with Gasteiger partial charge in [-0.25, -0.2) is 0 Å². The average Bonchev–Trinajstić information content (AvgIpc) is 2.75. The van der Waals surface area contributed by atoms with Crippen LogP contribution < -0.4 is 15.8 Å². The highest BCUT2D eigenvalue weighted by Gasteiger charge is 2.17. The monoisotopic (exact) mass is 438 g/mol. The zero-order chi connectivity index (χ0) is 21.7. The molecule has 160 valence electrons.